The lowest BCUT2D eigenvalue weighted by atomic mass is 9.99. The number of H-pyrrole nitrogens is 1. The summed E-state index contributed by atoms with van der Waals surface area (Å²) in [6, 6.07) is 19.2. The summed E-state index contributed by atoms with van der Waals surface area (Å²) in [5, 5.41) is 27.3. The summed E-state index contributed by atoms with van der Waals surface area (Å²) in [5.74, 6) is 0.201. The summed E-state index contributed by atoms with van der Waals surface area (Å²) >= 11 is 0. The monoisotopic (exact) mass is 439 g/mol. The molecule has 0 radical (unpaired) electrons. The van der Waals surface area contributed by atoms with Gasteiger partial charge in [0.2, 0.25) is 5.95 Å². The smallest absolute Gasteiger partial charge is 0.337 e. The average molecular weight is 439 g/mol. The van der Waals surface area contributed by atoms with Crippen molar-refractivity contribution in [1.82, 2.24) is 30.2 Å². The number of carboxylic acids is 1. The highest BCUT2D eigenvalue weighted by molar-refractivity contribution is 6.03. The molecular weight excluding hydrogens is 418 g/mol. The van der Waals surface area contributed by atoms with Gasteiger partial charge in [0, 0.05) is 17.8 Å². The van der Waals surface area contributed by atoms with E-state index in [1.54, 1.807) is 12.1 Å². The van der Waals surface area contributed by atoms with E-state index in [0.29, 0.717) is 29.4 Å². The number of carbonyl (C=O) groups is 1. The summed E-state index contributed by atoms with van der Waals surface area (Å²) in [6.45, 7) is 4.56. The first-order chi connectivity index (χ1) is 16.1. The van der Waals surface area contributed by atoms with Crippen LogP contribution in [0, 0.1) is 6.92 Å². The summed E-state index contributed by atoms with van der Waals surface area (Å²) in [7, 11) is 0. The first kappa shape index (κ1) is 20.4. The number of fused-ring (bicyclic) bond motifs is 1. The van der Waals surface area contributed by atoms with Gasteiger partial charge >= 0.3 is 5.97 Å². The number of hydrogen-bond acceptors (Lipinski definition) is 6. The predicted octanol–water partition coefficient (Wildman–Crippen LogP) is 4.31. The molecule has 0 saturated heterocycles. The van der Waals surface area contributed by atoms with E-state index >= 15 is 0 Å². The molecule has 0 spiro atoms. The van der Waals surface area contributed by atoms with Crippen LogP contribution in [0.25, 0.3) is 39.2 Å². The third-order valence-corrected chi connectivity index (χ3v) is 5.54. The Morgan fingerprint density at radius 2 is 1.82 bits per heavy atom. The highest BCUT2D eigenvalue weighted by Crippen LogP contribution is 2.33. The molecule has 2 aromatic heterocycles. The van der Waals surface area contributed by atoms with Crippen molar-refractivity contribution in [2.45, 2.75) is 13.8 Å². The van der Waals surface area contributed by atoms with Gasteiger partial charge in [-0.1, -0.05) is 42.5 Å². The second-order valence-electron chi connectivity index (χ2n) is 7.58. The van der Waals surface area contributed by atoms with Gasteiger partial charge in [0.1, 0.15) is 0 Å². The molecule has 3 N–H and O–H groups in total. The Bertz CT molecular complexity index is 1450. The lowest BCUT2D eigenvalue weighted by Gasteiger charge is -2.13. The molecule has 164 valence electrons. The standard InChI is InChI=1S/C24H21N7O2/c1-3-25-24-26-20-14(2)8-13-19(23(32)33)21(20)31(24)16-11-9-15(10-12-16)17-6-4-5-7-18(17)22-27-29-30-28-22/h4-13H,3H2,1-2H3,(H,25,26)(H,32,33)(H,27,28,29,30). The zero-order valence-corrected chi connectivity index (χ0v) is 18.1. The number of anilines is 1. The summed E-state index contributed by atoms with van der Waals surface area (Å²) < 4.78 is 1.87. The molecule has 2 heterocycles. The quantitative estimate of drug-likeness (QED) is 0.360. The molecule has 33 heavy (non-hydrogen) atoms. The van der Waals surface area contributed by atoms with Crippen LogP contribution in [0.1, 0.15) is 22.8 Å². The number of aryl methyl sites for hydroxylation is 1. The minimum Gasteiger partial charge on any atom is -0.478 e. The van der Waals surface area contributed by atoms with E-state index in [1.807, 2.05) is 66.9 Å². The second-order valence-corrected chi connectivity index (χ2v) is 7.58. The van der Waals surface area contributed by atoms with Gasteiger partial charge in [-0.3, -0.25) is 4.57 Å². The van der Waals surface area contributed by atoms with Crippen LogP contribution in [0.3, 0.4) is 0 Å². The van der Waals surface area contributed by atoms with E-state index in [1.165, 1.54) is 0 Å². The van der Waals surface area contributed by atoms with Crippen LogP contribution in [0.4, 0.5) is 5.95 Å². The normalized spacial score (nSPS) is 11.1. The van der Waals surface area contributed by atoms with Crippen LogP contribution in [0.15, 0.2) is 60.7 Å². The maximum atomic E-state index is 12.0. The Balaban J connectivity index is 1.67. The van der Waals surface area contributed by atoms with Crippen LogP contribution in [-0.2, 0) is 0 Å². The van der Waals surface area contributed by atoms with Crippen LogP contribution in [-0.4, -0.2) is 47.8 Å². The number of hydrogen-bond donors (Lipinski definition) is 3. The molecule has 0 aliphatic carbocycles. The predicted molar refractivity (Wildman–Crippen MR) is 126 cm³/mol. The molecule has 9 heteroatoms. The Kier molecular flexibility index (Phi) is 5.06. The highest BCUT2D eigenvalue weighted by Gasteiger charge is 2.20. The van der Waals surface area contributed by atoms with Gasteiger partial charge in [0.25, 0.3) is 0 Å². The lowest BCUT2D eigenvalue weighted by molar-refractivity contribution is 0.0698. The zero-order valence-electron chi connectivity index (χ0n) is 18.1. The molecule has 0 saturated carbocycles. The Morgan fingerprint density at radius 3 is 2.48 bits per heavy atom. The van der Waals surface area contributed by atoms with Crippen molar-refractivity contribution in [3.05, 3.63) is 71.8 Å². The lowest BCUT2D eigenvalue weighted by Crippen LogP contribution is -2.07. The maximum absolute atomic E-state index is 12.0. The fraction of sp³-hybridized carbons (Fsp3) is 0.125. The maximum Gasteiger partial charge on any atom is 0.337 e. The van der Waals surface area contributed by atoms with Gasteiger partial charge < -0.3 is 10.4 Å². The molecule has 0 aliphatic rings. The first-order valence-corrected chi connectivity index (χ1v) is 10.5. The second kappa shape index (κ2) is 8.19. The fourth-order valence-corrected chi connectivity index (χ4v) is 4.02. The van der Waals surface area contributed by atoms with Gasteiger partial charge in [-0.2, -0.15) is 0 Å². The van der Waals surface area contributed by atoms with Crippen molar-refractivity contribution >= 4 is 23.0 Å². The van der Waals surface area contributed by atoms with Crippen molar-refractivity contribution in [3.8, 4) is 28.2 Å². The Labute approximate surface area is 189 Å². The van der Waals surface area contributed by atoms with Crippen molar-refractivity contribution in [2.24, 2.45) is 0 Å². The fourth-order valence-electron chi connectivity index (χ4n) is 4.02. The molecule has 5 aromatic rings. The number of aromatic amines is 1. The van der Waals surface area contributed by atoms with E-state index < -0.39 is 5.97 Å². The molecule has 5 rings (SSSR count). The van der Waals surface area contributed by atoms with E-state index in [0.717, 1.165) is 27.9 Å². The first-order valence-electron chi connectivity index (χ1n) is 10.5. The van der Waals surface area contributed by atoms with Gasteiger partial charge in [-0.15, -0.1) is 5.10 Å². The minimum absolute atomic E-state index is 0.208. The van der Waals surface area contributed by atoms with Crippen molar-refractivity contribution < 1.29 is 9.90 Å². The highest BCUT2D eigenvalue weighted by atomic mass is 16.4. The number of aromatic nitrogens is 6. The van der Waals surface area contributed by atoms with E-state index in [9.17, 15) is 9.90 Å². The van der Waals surface area contributed by atoms with Gasteiger partial charge in [0.05, 0.1) is 16.6 Å². The number of carboxylic acid groups (broad SMARTS) is 1. The molecule has 9 nitrogen and oxygen atoms in total. The number of nitrogens with zero attached hydrogens (tertiary/aromatic N) is 5. The van der Waals surface area contributed by atoms with Crippen molar-refractivity contribution in [2.75, 3.05) is 11.9 Å². The largest absolute Gasteiger partial charge is 0.478 e. The van der Waals surface area contributed by atoms with Crippen LogP contribution < -0.4 is 5.32 Å². The topological polar surface area (TPSA) is 122 Å². The van der Waals surface area contributed by atoms with Crippen LogP contribution in [0.2, 0.25) is 0 Å². The van der Waals surface area contributed by atoms with Crippen LogP contribution in [0.5, 0.6) is 0 Å². The van der Waals surface area contributed by atoms with E-state index in [4.69, 9.17) is 4.98 Å². The van der Waals surface area contributed by atoms with Gasteiger partial charge in [-0.05, 0) is 59.2 Å². The number of rotatable bonds is 6. The third kappa shape index (κ3) is 3.49. The molecule has 3 aromatic carbocycles. The number of nitrogens with one attached hydrogen (secondary N) is 2. The molecule has 0 amide bonds. The van der Waals surface area contributed by atoms with E-state index in [2.05, 4.69) is 25.9 Å². The SMILES string of the molecule is CCNc1nc2c(C)ccc(C(=O)O)c2n1-c1ccc(-c2ccccc2-c2nnn[nH]2)cc1. The molecule has 0 aliphatic heterocycles. The molecule has 0 bridgehead atoms. The van der Waals surface area contributed by atoms with Crippen molar-refractivity contribution in [1.29, 1.82) is 0 Å². The third-order valence-electron chi connectivity index (χ3n) is 5.54. The van der Waals surface area contributed by atoms with Gasteiger partial charge in [0.15, 0.2) is 5.82 Å². The molecule has 0 unspecified atom stereocenters. The summed E-state index contributed by atoms with van der Waals surface area (Å²) in [5.41, 5.74) is 6.02. The number of tetrazole rings is 1. The van der Waals surface area contributed by atoms with E-state index in [-0.39, 0.29) is 5.56 Å². The average Bonchev–Trinajstić information content (AvgIpc) is 3.49. The minimum atomic E-state index is -0.990. The Morgan fingerprint density at radius 1 is 1.06 bits per heavy atom. The summed E-state index contributed by atoms with van der Waals surface area (Å²) in [6.07, 6.45) is 0. The van der Waals surface area contributed by atoms with Gasteiger partial charge in [-0.25, -0.2) is 14.9 Å². The molecular formula is C24H21N7O2. The molecule has 0 atom stereocenters. The number of aromatic carboxylic acids is 1. The Hall–Kier alpha value is -4.53. The number of benzene rings is 3. The summed E-state index contributed by atoms with van der Waals surface area (Å²) in [4.78, 5) is 16.7. The molecule has 0 fully saturated rings. The number of imidazole rings is 1. The van der Waals surface area contributed by atoms with Crippen LogP contribution >= 0.6 is 0 Å². The van der Waals surface area contributed by atoms with Crippen molar-refractivity contribution in [3.63, 3.8) is 0 Å². The zero-order chi connectivity index (χ0) is 22.9.